The van der Waals surface area contributed by atoms with Crippen LogP contribution in [0.4, 0.5) is 0 Å². The van der Waals surface area contributed by atoms with Crippen LogP contribution in [0.1, 0.15) is 6.92 Å². The number of carbonyl (C=O) groups is 1. The maximum atomic E-state index is 10.4. The third-order valence-electron chi connectivity index (χ3n) is 0.699. The van der Waals surface area contributed by atoms with Gasteiger partial charge < -0.3 is 4.74 Å². The van der Waals surface area contributed by atoms with Crippen molar-refractivity contribution in [2.45, 2.75) is 11.8 Å². The van der Waals surface area contributed by atoms with Gasteiger partial charge in [0.05, 0.1) is 7.11 Å². The summed E-state index contributed by atoms with van der Waals surface area (Å²) in [6.45, 7) is 1.92. The third kappa shape index (κ3) is 5.56. The normalized spacial score (nSPS) is 13.7. The number of hydrogen-bond donors (Lipinski definition) is 0. The van der Waals surface area contributed by atoms with Gasteiger partial charge in [-0.2, -0.15) is 0 Å². The lowest BCUT2D eigenvalue weighted by Gasteiger charge is -1.90. The number of carbonyl (C=O) groups excluding carboxylic acids is 1. The first-order valence-electron chi connectivity index (χ1n) is 2.57. The average Bonchev–Trinajstić information content (AvgIpc) is 1.83. The number of esters is 1. The molecule has 0 aromatic heterocycles. The number of ether oxygens (including phenoxy) is 1. The van der Waals surface area contributed by atoms with Gasteiger partial charge in [-0.3, -0.25) is 0 Å². The average molecular weight is 193 g/mol. The number of methoxy groups -OCH3 is 1. The number of allylic oxidation sites excluding steroid dienone is 1. The van der Waals surface area contributed by atoms with Crippen molar-refractivity contribution < 1.29 is 9.53 Å². The number of rotatable bonds is 2. The van der Waals surface area contributed by atoms with E-state index in [2.05, 4.69) is 20.7 Å². The van der Waals surface area contributed by atoms with Gasteiger partial charge in [0, 0.05) is 10.9 Å². The summed E-state index contributed by atoms with van der Waals surface area (Å²) >= 11 is 3.24. The fraction of sp³-hybridized carbons (Fsp3) is 0.500. The molecule has 1 unspecified atom stereocenters. The molecular weight excluding hydrogens is 184 g/mol. The molecule has 2 nitrogen and oxygen atoms in total. The molecule has 0 aliphatic carbocycles. The molecule has 1 atom stereocenters. The van der Waals surface area contributed by atoms with Crippen molar-refractivity contribution in [2.75, 3.05) is 7.11 Å². The fourth-order valence-corrected chi connectivity index (χ4v) is 0.432. The van der Waals surface area contributed by atoms with E-state index in [1.54, 1.807) is 6.08 Å². The van der Waals surface area contributed by atoms with Crippen molar-refractivity contribution >= 4 is 21.9 Å². The predicted octanol–water partition coefficient (Wildman–Crippen LogP) is 1.50. The molecule has 0 N–H and O–H groups in total. The molecule has 9 heavy (non-hydrogen) atoms. The largest absolute Gasteiger partial charge is 0.466 e. The molecule has 0 aliphatic heterocycles. The molecule has 0 heterocycles. The minimum atomic E-state index is -0.318. The molecule has 3 heteroatoms. The van der Waals surface area contributed by atoms with E-state index >= 15 is 0 Å². The first-order chi connectivity index (χ1) is 4.16. The van der Waals surface area contributed by atoms with Crippen LogP contribution in [-0.2, 0) is 9.53 Å². The van der Waals surface area contributed by atoms with Gasteiger partial charge in [-0.25, -0.2) is 4.79 Å². The predicted molar refractivity (Wildman–Crippen MR) is 39.5 cm³/mol. The summed E-state index contributed by atoms with van der Waals surface area (Å²) in [5.74, 6) is -0.318. The van der Waals surface area contributed by atoms with Gasteiger partial charge in [-0.15, -0.1) is 0 Å². The lowest BCUT2D eigenvalue weighted by atomic mass is 10.4. The summed E-state index contributed by atoms with van der Waals surface area (Å²) < 4.78 is 4.35. The van der Waals surface area contributed by atoms with Crippen LogP contribution < -0.4 is 0 Å². The zero-order valence-corrected chi connectivity index (χ0v) is 7.01. The monoisotopic (exact) mass is 192 g/mol. The molecule has 52 valence electrons. The molecule has 0 aromatic rings. The lowest BCUT2D eigenvalue weighted by molar-refractivity contribution is -0.134. The lowest BCUT2D eigenvalue weighted by Crippen LogP contribution is -1.95. The molecule has 0 bridgehead atoms. The molecular formula is C6H9BrO2. The van der Waals surface area contributed by atoms with E-state index in [0.717, 1.165) is 0 Å². The van der Waals surface area contributed by atoms with Crippen LogP contribution >= 0.6 is 15.9 Å². The smallest absolute Gasteiger partial charge is 0.330 e. The van der Waals surface area contributed by atoms with Gasteiger partial charge >= 0.3 is 5.97 Å². The standard InChI is InChI=1S/C6H9BrO2/c1-5(7)3-4-6(8)9-2/h3-5H,1-2H3/b4-3+. The Kier molecular flexibility index (Phi) is 4.40. The topological polar surface area (TPSA) is 26.3 Å². The first kappa shape index (κ1) is 8.69. The van der Waals surface area contributed by atoms with Crippen LogP contribution in [0, 0.1) is 0 Å². The Morgan fingerprint density at radius 3 is 2.67 bits per heavy atom. The Bertz CT molecular complexity index is 118. The highest BCUT2D eigenvalue weighted by molar-refractivity contribution is 9.09. The summed E-state index contributed by atoms with van der Waals surface area (Å²) in [5.41, 5.74) is 0. The maximum Gasteiger partial charge on any atom is 0.330 e. The molecule has 0 radical (unpaired) electrons. The Balaban J connectivity index is 3.57. The van der Waals surface area contributed by atoms with Crippen molar-refractivity contribution in [3.8, 4) is 0 Å². The second-order valence-corrected chi connectivity index (χ2v) is 3.00. The van der Waals surface area contributed by atoms with Gasteiger partial charge in [-0.1, -0.05) is 22.0 Å². The first-order valence-corrected chi connectivity index (χ1v) is 3.48. The highest BCUT2D eigenvalue weighted by Crippen LogP contribution is 1.97. The maximum absolute atomic E-state index is 10.4. The van der Waals surface area contributed by atoms with E-state index in [1.807, 2.05) is 6.92 Å². The van der Waals surface area contributed by atoms with Crippen LogP contribution in [0.25, 0.3) is 0 Å². The van der Waals surface area contributed by atoms with E-state index < -0.39 is 0 Å². The van der Waals surface area contributed by atoms with E-state index in [9.17, 15) is 4.79 Å². The van der Waals surface area contributed by atoms with Gasteiger partial charge in [-0.05, 0) is 6.92 Å². The van der Waals surface area contributed by atoms with Crippen molar-refractivity contribution in [2.24, 2.45) is 0 Å². The van der Waals surface area contributed by atoms with E-state index in [-0.39, 0.29) is 10.8 Å². The molecule has 0 saturated heterocycles. The van der Waals surface area contributed by atoms with Gasteiger partial charge in [0.1, 0.15) is 0 Å². The van der Waals surface area contributed by atoms with E-state index in [1.165, 1.54) is 13.2 Å². The molecule has 0 amide bonds. The minimum absolute atomic E-state index is 0.219. The summed E-state index contributed by atoms with van der Waals surface area (Å²) in [7, 11) is 1.35. The van der Waals surface area contributed by atoms with Crippen LogP contribution in [0.3, 0.4) is 0 Å². The zero-order chi connectivity index (χ0) is 7.28. The second-order valence-electron chi connectivity index (χ2n) is 1.56. The Labute approximate surface area is 63.0 Å². The van der Waals surface area contributed by atoms with Crippen LogP contribution in [-0.4, -0.2) is 17.9 Å². The fourth-order valence-electron chi connectivity index (χ4n) is 0.279. The zero-order valence-electron chi connectivity index (χ0n) is 5.43. The molecule has 0 spiro atoms. The summed E-state index contributed by atoms with van der Waals surface area (Å²) in [6, 6.07) is 0. The van der Waals surface area contributed by atoms with Gasteiger partial charge in [0.2, 0.25) is 0 Å². The van der Waals surface area contributed by atoms with Crippen molar-refractivity contribution in [3.63, 3.8) is 0 Å². The number of alkyl halides is 1. The molecule has 0 aromatic carbocycles. The third-order valence-corrected chi connectivity index (χ3v) is 1.00. The summed E-state index contributed by atoms with van der Waals surface area (Å²) in [5, 5.41) is 0. The van der Waals surface area contributed by atoms with Crippen molar-refractivity contribution in [1.82, 2.24) is 0 Å². The SMILES string of the molecule is COC(=O)/C=C/C(C)Br. The molecule has 0 saturated carbocycles. The van der Waals surface area contributed by atoms with E-state index in [4.69, 9.17) is 0 Å². The Hall–Kier alpha value is -0.310. The quantitative estimate of drug-likeness (QED) is 0.377. The van der Waals surface area contributed by atoms with Crippen LogP contribution in [0.5, 0.6) is 0 Å². The van der Waals surface area contributed by atoms with Gasteiger partial charge in [0.25, 0.3) is 0 Å². The highest BCUT2D eigenvalue weighted by atomic mass is 79.9. The van der Waals surface area contributed by atoms with Gasteiger partial charge in [0.15, 0.2) is 0 Å². The molecule has 0 fully saturated rings. The highest BCUT2D eigenvalue weighted by Gasteiger charge is 1.91. The molecule has 0 rings (SSSR count). The van der Waals surface area contributed by atoms with Crippen LogP contribution in [0.15, 0.2) is 12.2 Å². The van der Waals surface area contributed by atoms with E-state index in [0.29, 0.717) is 0 Å². The van der Waals surface area contributed by atoms with Crippen molar-refractivity contribution in [1.29, 1.82) is 0 Å². The summed E-state index contributed by atoms with van der Waals surface area (Å²) in [6.07, 6.45) is 3.10. The number of hydrogen-bond acceptors (Lipinski definition) is 2. The minimum Gasteiger partial charge on any atom is -0.466 e. The number of halogens is 1. The van der Waals surface area contributed by atoms with Crippen LogP contribution in [0.2, 0.25) is 0 Å². The molecule has 0 aliphatic rings. The second kappa shape index (κ2) is 4.56. The van der Waals surface area contributed by atoms with Crippen molar-refractivity contribution in [3.05, 3.63) is 12.2 Å². The summed E-state index contributed by atoms with van der Waals surface area (Å²) in [4.78, 5) is 10.6. The Morgan fingerprint density at radius 2 is 2.33 bits per heavy atom. The Morgan fingerprint density at radius 1 is 1.78 bits per heavy atom.